The van der Waals surface area contributed by atoms with Crippen molar-refractivity contribution >= 4 is 18.3 Å². The molecule has 0 saturated heterocycles. The molecule has 140 valence electrons. The summed E-state index contributed by atoms with van der Waals surface area (Å²) in [6, 6.07) is 10.2. The summed E-state index contributed by atoms with van der Waals surface area (Å²) in [6.07, 6.45) is 0. The third-order valence-electron chi connectivity index (χ3n) is 4.00. The van der Waals surface area contributed by atoms with Gasteiger partial charge in [-0.1, -0.05) is 18.2 Å². The van der Waals surface area contributed by atoms with Crippen LogP contribution in [-0.4, -0.2) is 19.6 Å². The quantitative estimate of drug-likeness (QED) is 0.802. The molecule has 1 aliphatic rings. The van der Waals surface area contributed by atoms with E-state index >= 15 is 0 Å². The monoisotopic (exact) mass is 384 g/mol. The Labute approximate surface area is 156 Å². The lowest BCUT2D eigenvalue weighted by Crippen LogP contribution is -2.23. The van der Waals surface area contributed by atoms with Crippen LogP contribution >= 0.6 is 12.4 Å². The fourth-order valence-corrected chi connectivity index (χ4v) is 2.75. The third kappa shape index (κ3) is 4.62. The maximum absolute atomic E-state index is 12.5. The number of fused-ring (bicyclic) bond motifs is 1. The molecule has 0 spiro atoms. The Bertz CT molecular complexity index is 787. The van der Waals surface area contributed by atoms with Crippen LogP contribution in [0.5, 0.6) is 11.5 Å². The van der Waals surface area contributed by atoms with E-state index in [1.54, 1.807) is 0 Å². The van der Waals surface area contributed by atoms with E-state index in [2.05, 4.69) is 21.4 Å². The topological polar surface area (TPSA) is 59.6 Å². The Morgan fingerprint density at radius 3 is 2.65 bits per heavy atom. The highest BCUT2D eigenvalue weighted by Crippen LogP contribution is 2.29. The Hall–Kier alpha value is -2.38. The fraction of sp³-hybridized carbons (Fsp3) is 0.278. The van der Waals surface area contributed by atoms with Gasteiger partial charge in [0.2, 0.25) is 0 Å². The van der Waals surface area contributed by atoms with E-state index in [1.807, 2.05) is 12.1 Å². The molecule has 0 aliphatic carbocycles. The lowest BCUT2D eigenvalue weighted by Gasteiger charge is -2.12. The molecule has 5 nitrogen and oxygen atoms in total. The molecule has 0 aromatic heterocycles. The van der Waals surface area contributed by atoms with Gasteiger partial charge in [0.05, 0.1) is 7.11 Å². The van der Waals surface area contributed by atoms with Gasteiger partial charge in [-0.05, 0) is 34.9 Å². The summed E-state index contributed by atoms with van der Waals surface area (Å²) in [4.78, 5) is 12.3. The van der Waals surface area contributed by atoms with E-state index < -0.39 is 6.61 Å². The summed E-state index contributed by atoms with van der Waals surface area (Å²) in [7, 11) is 1.34. The van der Waals surface area contributed by atoms with Crippen LogP contribution in [0.15, 0.2) is 36.4 Å². The maximum atomic E-state index is 12.5. The molecule has 26 heavy (non-hydrogen) atoms. The molecule has 2 aromatic carbocycles. The molecule has 2 N–H and O–H groups in total. The molecule has 1 amide bonds. The van der Waals surface area contributed by atoms with Crippen LogP contribution in [0.1, 0.15) is 27.0 Å². The first-order valence-electron chi connectivity index (χ1n) is 7.79. The number of nitrogens with one attached hydrogen (secondary N) is 2. The summed E-state index contributed by atoms with van der Waals surface area (Å²) < 4.78 is 34.3. The molecule has 0 fully saturated rings. The van der Waals surface area contributed by atoms with E-state index in [4.69, 9.17) is 4.74 Å². The zero-order valence-corrected chi connectivity index (χ0v) is 14.9. The number of ether oxygens (including phenoxy) is 2. The Morgan fingerprint density at radius 1 is 1.15 bits per heavy atom. The van der Waals surface area contributed by atoms with Gasteiger partial charge in [0, 0.05) is 25.2 Å². The van der Waals surface area contributed by atoms with Gasteiger partial charge < -0.3 is 20.1 Å². The number of carbonyl (C=O) groups is 1. The third-order valence-corrected chi connectivity index (χ3v) is 4.00. The second kappa shape index (κ2) is 8.82. The highest BCUT2D eigenvalue weighted by atomic mass is 35.5. The normalized spacial score (nSPS) is 12.3. The van der Waals surface area contributed by atoms with Crippen LogP contribution in [0.25, 0.3) is 0 Å². The predicted octanol–water partition coefficient (Wildman–Crippen LogP) is 3.25. The summed E-state index contributed by atoms with van der Waals surface area (Å²) >= 11 is 0. The summed E-state index contributed by atoms with van der Waals surface area (Å²) in [5, 5.41) is 6.05. The minimum atomic E-state index is -2.99. The first-order valence-corrected chi connectivity index (χ1v) is 7.79. The number of methoxy groups -OCH3 is 1. The standard InChI is InChI=1S/C18H18F2N2O3.ClH/c1-24-15-5-4-12(7-16(15)25-18(19)20)17(23)22-8-11-2-3-13-9-21-10-14(13)6-11;/h2-7,18,21H,8-10H2,1H3,(H,22,23);1H. The molecule has 0 saturated carbocycles. The number of hydrogen-bond acceptors (Lipinski definition) is 4. The lowest BCUT2D eigenvalue weighted by molar-refractivity contribution is -0.0512. The number of carbonyl (C=O) groups excluding carboxylic acids is 1. The highest BCUT2D eigenvalue weighted by molar-refractivity contribution is 5.94. The molecular weight excluding hydrogens is 366 g/mol. The number of alkyl halides is 2. The summed E-state index contributed by atoms with van der Waals surface area (Å²) in [6.45, 7) is -0.958. The zero-order chi connectivity index (χ0) is 17.8. The number of hydrogen-bond donors (Lipinski definition) is 2. The first kappa shape index (κ1) is 19.9. The maximum Gasteiger partial charge on any atom is 0.387 e. The zero-order valence-electron chi connectivity index (χ0n) is 14.1. The summed E-state index contributed by atoms with van der Waals surface area (Å²) in [5.74, 6) is -0.405. The van der Waals surface area contributed by atoms with Gasteiger partial charge in [0.25, 0.3) is 5.91 Å². The number of halogens is 3. The Balaban J connectivity index is 0.00000243. The lowest BCUT2D eigenvalue weighted by atomic mass is 10.1. The SMILES string of the molecule is COc1ccc(C(=O)NCc2ccc3c(c2)CNC3)cc1OC(F)F.Cl. The van der Waals surface area contributed by atoms with Crippen molar-refractivity contribution in [3.8, 4) is 11.5 Å². The van der Waals surface area contributed by atoms with E-state index in [1.165, 1.54) is 36.4 Å². The van der Waals surface area contributed by atoms with Crippen LogP contribution in [0.3, 0.4) is 0 Å². The average Bonchev–Trinajstić information content (AvgIpc) is 3.06. The van der Waals surface area contributed by atoms with Gasteiger partial charge in [-0.15, -0.1) is 12.4 Å². The fourth-order valence-electron chi connectivity index (χ4n) is 2.75. The highest BCUT2D eigenvalue weighted by Gasteiger charge is 2.15. The Kier molecular flexibility index (Phi) is 6.76. The molecule has 0 radical (unpaired) electrons. The van der Waals surface area contributed by atoms with Gasteiger partial charge in [-0.3, -0.25) is 4.79 Å². The van der Waals surface area contributed by atoms with Gasteiger partial charge in [-0.2, -0.15) is 8.78 Å². The van der Waals surface area contributed by atoms with Crippen molar-refractivity contribution < 1.29 is 23.0 Å². The molecule has 3 rings (SSSR count). The predicted molar refractivity (Wildman–Crippen MR) is 95.0 cm³/mol. The molecule has 8 heteroatoms. The number of rotatable bonds is 6. The number of benzene rings is 2. The van der Waals surface area contributed by atoms with E-state index in [9.17, 15) is 13.6 Å². The molecule has 1 aliphatic heterocycles. The van der Waals surface area contributed by atoms with Crippen molar-refractivity contribution in [2.24, 2.45) is 0 Å². The van der Waals surface area contributed by atoms with Gasteiger partial charge in [-0.25, -0.2) is 0 Å². The second-order valence-electron chi connectivity index (χ2n) is 5.63. The molecule has 0 unspecified atom stereocenters. The average molecular weight is 385 g/mol. The molecular formula is C18H19ClF2N2O3. The first-order chi connectivity index (χ1) is 12.1. The number of amides is 1. The van der Waals surface area contributed by atoms with Crippen LogP contribution in [0, 0.1) is 0 Å². The van der Waals surface area contributed by atoms with Crippen molar-refractivity contribution in [3.05, 3.63) is 58.7 Å². The minimum absolute atomic E-state index is 0. The van der Waals surface area contributed by atoms with E-state index in [0.29, 0.717) is 6.54 Å². The van der Waals surface area contributed by atoms with Gasteiger partial charge in [0.1, 0.15) is 0 Å². The van der Waals surface area contributed by atoms with Crippen molar-refractivity contribution in [2.45, 2.75) is 26.2 Å². The van der Waals surface area contributed by atoms with Crippen molar-refractivity contribution in [1.29, 1.82) is 0 Å². The smallest absolute Gasteiger partial charge is 0.387 e. The van der Waals surface area contributed by atoms with Crippen LogP contribution in [0.2, 0.25) is 0 Å². The van der Waals surface area contributed by atoms with Crippen LogP contribution < -0.4 is 20.1 Å². The van der Waals surface area contributed by atoms with Gasteiger partial charge in [0.15, 0.2) is 11.5 Å². The summed E-state index contributed by atoms with van der Waals surface area (Å²) in [5.41, 5.74) is 3.69. The Morgan fingerprint density at radius 2 is 1.92 bits per heavy atom. The van der Waals surface area contributed by atoms with Crippen molar-refractivity contribution in [2.75, 3.05) is 7.11 Å². The van der Waals surface area contributed by atoms with Crippen molar-refractivity contribution in [1.82, 2.24) is 10.6 Å². The largest absolute Gasteiger partial charge is 0.493 e. The molecule has 1 heterocycles. The molecule has 0 atom stereocenters. The minimum Gasteiger partial charge on any atom is -0.493 e. The van der Waals surface area contributed by atoms with E-state index in [0.717, 1.165) is 18.7 Å². The second-order valence-corrected chi connectivity index (χ2v) is 5.63. The molecule has 2 aromatic rings. The van der Waals surface area contributed by atoms with Gasteiger partial charge >= 0.3 is 6.61 Å². The van der Waals surface area contributed by atoms with E-state index in [-0.39, 0.29) is 35.4 Å². The molecule has 0 bridgehead atoms. The van der Waals surface area contributed by atoms with Crippen LogP contribution in [-0.2, 0) is 19.6 Å². The van der Waals surface area contributed by atoms with Crippen molar-refractivity contribution in [3.63, 3.8) is 0 Å². The van der Waals surface area contributed by atoms with Crippen LogP contribution in [0.4, 0.5) is 8.78 Å².